The van der Waals surface area contributed by atoms with Crippen molar-refractivity contribution in [2.75, 3.05) is 7.11 Å². The van der Waals surface area contributed by atoms with E-state index in [2.05, 4.69) is 21.1 Å². The fraction of sp³-hybridized carbons (Fsp3) is 0.222. The second kappa shape index (κ2) is 4.28. The van der Waals surface area contributed by atoms with Gasteiger partial charge in [0, 0.05) is 5.56 Å². The van der Waals surface area contributed by atoms with Crippen LogP contribution in [0.3, 0.4) is 0 Å². The van der Waals surface area contributed by atoms with Gasteiger partial charge in [0.2, 0.25) is 0 Å². The molecule has 1 aromatic rings. The van der Waals surface area contributed by atoms with Crippen molar-refractivity contribution in [3.8, 4) is 5.75 Å². The van der Waals surface area contributed by atoms with Crippen LogP contribution in [0, 0.1) is 0 Å². The maximum Gasteiger partial charge on any atom is 0.133 e. The molecular formula is C9H10BrNO2. The van der Waals surface area contributed by atoms with E-state index in [1.54, 1.807) is 14.0 Å². The minimum atomic E-state index is 0.573. The number of nitrogens with zero attached hydrogens (tertiary/aromatic N) is 1. The van der Waals surface area contributed by atoms with Crippen LogP contribution >= 0.6 is 15.9 Å². The summed E-state index contributed by atoms with van der Waals surface area (Å²) in [4.78, 5) is 0. The minimum Gasteiger partial charge on any atom is -0.496 e. The third-order valence-electron chi connectivity index (χ3n) is 1.72. The quantitative estimate of drug-likeness (QED) is 0.493. The van der Waals surface area contributed by atoms with Gasteiger partial charge in [-0.3, -0.25) is 0 Å². The van der Waals surface area contributed by atoms with Crippen LogP contribution < -0.4 is 4.74 Å². The van der Waals surface area contributed by atoms with Gasteiger partial charge in [-0.25, -0.2) is 0 Å². The Labute approximate surface area is 85.2 Å². The Morgan fingerprint density at radius 2 is 2.23 bits per heavy atom. The Kier molecular flexibility index (Phi) is 3.31. The Balaban J connectivity index is 3.10. The summed E-state index contributed by atoms with van der Waals surface area (Å²) in [5.41, 5.74) is 1.43. The first-order valence-electron chi connectivity index (χ1n) is 3.71. The summed E-state index contributed by atoms with van der Waals surface area (Å²) in [7, 11) is 1.60. The lowest BCUT2D eigenvalue weighted by atomic mass is 10.1. The molecule has 0 saturated carbocycles. The molecule has 0 heterocycles. The van der Waals surface area contributed by atoms with E-state index in [-0.39, 0.29) is 0 Å². The van der Waals surface area contributed by atoms with E-state index in [0.717, 1.165) is 15.8 Å². The largest absolute Gasteiger partial charge is 0.496 e. The van der Waals surface area contributed by atoms with Crippen LogP contribution in [0.1, 0.15) is 12.5 Å². The SMILES string of the molecule is COc1ccc(/C(C)=N/O)cc1Br. The highest BCUT2D eigenvalue weighted by molar-refractivity contribution is 9.10. The number of halogens is 1. The average molecular weight is 244 g/mol. The first kappa shape index (κ1) is 10.1. The molecule has 0 unspecified atom stereocenters. The normalized spacial score (nSPS) is 11.5. The zero-order valence-corrected chi connectivity index (χ0v) is 9.00. The molecule has 0 amide bonds. The molecule has 0 fully saturated rings. The van der Waals surface area contributed by atoms with E-state index in [4.69, 9.17) is 9.94 Å². The molecule has 3 nitrogen and oxygen atoms in total. The number of rotatable bonds is 2. The van der Waals surface area contributed by atoms with E-state index in [1.165, 1.54) is 0 Å². The monoisotopic (exact) mass is 243 g/mol. The topological polar surface area (TPSA) is 41.8 Å². The van der Waals surface area contributed by atoms with Gasteiger partial charge < -0.3 is 9.94 Å². The average Bonchev–Trinajstić information content (AvgIpc) is 2.16. The highest BCUT2D eigenvalue weighted by Gasteiger charge is 2.03. The number of oxime groups is 1. The van der Waals surface area contributed by atoms with Crippen molar-refractivity contribution in [3.63, 3.8) is 0 Å². The van der Waals surface area contributed by atoms with Gasteiger partial charge in [-0.05, 0) is 41.1 Å². The van der Waals surface area contributed by atoms with E-state index in [1.807, 2.05) is 18.2 Å². The molecule has 0 spiro atoms. The number of ether oxygens (including phenoxy) is 1. The van der Waals surface area contributed by atoms with Crippen molar-refractivity contribution in [1.29, 1.82) is 0 Å². The maximum atomic E-state index is 8.55. The Morgan fingerprint density at radius 1 is 1.54 bits per heavy atom. The van der Waals surface area contributed by atoms with Gasteiger partial charge in [0.15, 0.2) is 0 Å². The maximum absolute atomic E-state index is 8.55. The molecule has 0 bridgehead atoms. The van der Waals surface area contributed by atoms with Crippen molar-refractivity contribution in [1.82, 2.24) is 0 Å². The zero-order valence-electron chi connectivity index (χ0n) is 7.41. The van der Waals surface area contributed by atoms with E-state index >= 15 is 0 Å². The highest BCUT2D eigenvalue weighted by Crippen LogP contribution is 2.25. The summed E-state index contributed by atoms with van der Waals surface area (Å²) >= 11 is 3.34. The molecule has 0 radical (unpaired) electrons. The molecule has 0 aliphatic heterocycles. The molecule has 0 aromatic heterocycles. The Morgan fingerprint density at radius 3 is 2.69 bits per heavy atom. The van der Waals surface area contributed by atoms with Crippen LogP contribution in [0.2, 0.25) is 0 Å². The van der Waals surface area contributed by atoms with Gasteiger partial charge in [-0.1, -0.05) is 5.16 Å². The molecular weight excluding hydrogens is 234 g/mol. The van der Waals surface area contributed by atoms with Gasteiger partial charge in [-0.2, -0.15) is 0 Å². The van der Waals surface area contributed by atoms with Crippen molar-refractivity contribution in [3.05, 3.63) is 28.2 Å². The van der Waals surface area contributed by atoms with Crippen LogP contribution in [-0.2, 0) is 0 Å². The van der Waals surface area contributed by atoms with Gasteiger partial charge in [0.25, 0.3) is 0 Å². The summed E-state index contributed by atoms with van der Waals surface area (Å²) in [6.07, 6.45) is 0. The summed E-state index contributed by atoms with van der Waals surface area (Å²) in [5.74, 6) is 0.759. The van der Waals surface area contributed by atoms with Crippen LogP contribution in [0.5, 0.6) is 5.75 Å². The van der Waals surface area contributed by atoms with Gasteiger partial charge >= 0.3 is 0 Å². The second-order valence-electron chi connectivity index (χ2n) is 2.53. The van der Waals surface area contributed by atoms with E-state index in [9.17, 15) is 0 Å². The standard InChI is InChI=1S/C9H10BrNO2/c1-6(11-12)7-3-4-9(13-2)8(10)5-7/h3-5,12H,1-2H3/b11-6+. The van der Waals surface area contributed by atoms with Gasteiger partial charge in [-0.15, -0.1) is 0 Å². The molecule has 70 valence electrons. The lowest BCUT2D eigenvalue weighted by Gasteiger charge is -2.04. The molecule has 0 atom stereocenters. The number of methoxy groups -OCH3 is 1. The Hall–Kier alpha value is -1.03. The van der Waals surface area contributed by atoms with E-state index < -0.39 is 0 Å². The van der Waals surface area contributed by atoms with Crippen LogP contribution in [0.15, 0.2) is 27.8 Å². The number of hydrogen-bond donors (Lipinski definition) is 1. The van der Waals surface area contributed by atoms with Crippen molar-refractivity contribution in [2.45, 2.75) is 6.92 Å². The predicted octanol–water partition coefficient (Wildman–Crippen LogP) is 2.66. The molecule has 0 aliphatic rings. The molecule has 0 saturated heterocycles. The smallest absolute Gasteiger partial charge is 0.133 e. The first-order valence-corrected chi connectivity index (χ1v) is 4.51. The molecule has 4 heteroatoms. The van der Waals surface area contributed by atoms with Crippen molar-refractivity contribution < 1.29 is 9.94 Å². The molecule has 0 aliphatic carbocycles. The van der Waals surface area contributed by atoms with Crippen LogP contribution in [0.4, 0.5) is 0 Å². The summed E-state index contributed by atoms with van der Waals surface area (Å²) in [5, 5.41) is 11.7. The van der Waals surface area contributed by atoms with Crippen LogP contribution in [0.25, 0.3) is 0 Å². The Bertz CT molecular complexity index is 336. The van der Waals surface area contributed by atoms with Gasteiger partial charge in [0.1, 0.15) is 5.75 Å². The lowest BCUT2D eigenvalue weighted by Crippen LogP contribution is -1.95. The zero-order chi connectivity index (χ0) is 9.84. The van der Waals surface area contributed by atoms with Crippen LogP contribution in [-0.4, -0.2) is 18.0 Å². The van der Waals surface area contributed by atoms with Gasteiger partial charge in [0.05, 0.1) is 17.3 Å². The fourth-order valence-electron chi connectivity index (χ4n) is 0.949. The predicted molar refractivity (Wildman–Crippen MR) is 54.7 cm³/mol. The summed E-state index contributed by atoms with van der Waals surface area (Å²) in [6.45, 7) is 1.73. The number of hydrogen-bond acceptors (Lipinski definition) is 3. The molecule has 1 aromatic carbocycles. The number of benzene rings is 1. The molecule has 13 heavy (non-hydrogen) atoms. The lowest BCUT2D eigenvalue weighted by molar-refractivity contribution is 0.319. The third kappa shape index (κ3) is 2.21. The fourth-order valence-corrected chi connectivity index (χ4v) is 1.49. The van der Waals surface area contributed by atoms with Crippen molar-refractivity contribution >= 4 is 21.6 Å². The second-order valence-corrected chi connectivity index (χ2v) is 3.39. The summed E-state index contributed by atoms with van der Waals surface area (Å²) < 4.78 is 5.91. The minimum absolute atomic E-state index is 0.573. The molecule has 1 N–H and O–H groups in total. The first-order chi connectivity index (χ1) is 6.19. The van der Waals surface area contributed by atoms with E-state index in [0.29, 0.717) is 5.71 Å². The third-order valence-corrected chi connectivity index (χ3v) is 2.34. The summed E-state index contributed by atoms with van der Waals surface area (Å²) in [6, 6.07) is 5.49. The highest BCUT2D eigenvalue weighted by atomic mass is 79.9. The molecule has 1 rings (SSSR count). The van der Waals surface area contributed by atoms with Crippen molar-refractivity contribution in [2.24, 2.45) is 5.16 Å².